The summed E-state index contributed by atoms with van der Waals surface area (Å²) in [5.74, 6) is 0.808. The zero-order valence-corrected chi connectivity index (χ0v) is 15.1. The zero-order valence-electron chi connectivity index (χ0n) is 15.1. The second-order valence-electron chi connectivity index (χ2n) is 6.76. The first-order valence-electron chi connectivity index (χ1n) is 8.81. The number of aromatic nitrogens is 2. The molecule has 0 aliphatic carbocycles. The van der Waals surface area contributed by atoms with Gasteiger partial charge in [-0.05, 0) is 17.0 Å². The molecule has 0 bridgehead atoms. The van der Waals surface area contributed by atoms with Gasteiger partial charge in [-0.3, -0.25) is 4.79 Å². The summed E-state index contributed by atoms with van der Waals surface area (Å²) < 4.78 is 5.78. The van der Waals surface area contributed by atoms with Crippen molar-refractivity contribution in [3.8, 4) is 11.9 Å². The molecule has 6 nitrogen and oxygen atoms in total. The molecule has 1 aliphatic rings. The average Bonchev–Trinajstić information content (AvgIpc) is 3.11. The third kappa shape index (κ3) is 4.17. The maximum Gasteiger partial charge on any atom is 0.251 e. The molecule has 0 saturated carbocycles. The maximum atomic E-state index is 12.5. The van der Waals surface area contributed by atoms with Crippen LogP contribution in [0.4, 0.5) is 0 Å². The first-order valence-corrected chi connectivity index (χ1v) is 8.81. The summed E-state index contributed by atoms with van der Waals surface area (Å²) in [5.41, 5.74) is 2.46. The minimum Gasteiger partial charge on any atom is -0.470 e. The highest BCUT2D eigenvalue weighted by atomic mass is 16.5. The highest BCUT2D eigenvalue weighted by Gasteiger charge is 2.28. The molecule has 6 heteroatoms. The number of carbonyl (C=O) groups excluding carboxylic acids is 1. The lowest BCUT2D eigenvalue weighted by Gasteiger charge is -2.17. The zero-order chi connectivity index (χ0) is 18.5. The predicted molar refractivity (Wildman–Crippen MR) is 96.6 cm³/mol. The Morgan fingerprint density at radius 1 is 1.31 bits per heavy atom. The van der Waals surface area contributed by atoms with Crippen molar-refractivity contribution in [3.05, 3.63) is 53.5 Å². The smallest absolute Gasteiger partial charge is 0.251 e. The summed E-state index contributed by atoms with van der Waals surface area (Å²) in [6.07, 6.45) is 3.90. The average molecular weight is 350 g/mol. The van der Waals surface area contributed by atoms with Crippen molar-refractivity contribution in [3.63, 3.8) is 0 Å². The van der Waals surface area contributed by atoms with E-state index in [4.69, 9.17) is 10.00 Å². The van der Waals surface area contributed by atoms with Crippen LogP contribution in [0.3, 0.4) is 0 Å². The molecule has 1 unspecified atom stereocenters. The van der Waals surface area contributed by atoms with Crippen LogP contribution in [0, 0.1) is 11.3 Å². The highest BCUT2D eigenvalue weighted by molar-refractivity contribution is 5.79. The van der Waals surface area contributed by atoms with E-state index in [-0.39, 0.29) is 23.6 Å². The van der Waals surface area contributed by atoms with Crippen LogP contribution < -0.4 is 4.74 Å². The largest absolute Gasteiger partial charge is 0.470 e. The maximum absolute atomic E-state index is 12.5. The van der Waals surface area contributed by atoms with Crippen LogP contribution >= 0.6 is 0 Å². The molecular weight excluding hydrogens is 328 g/mol. The summed E-state index contributed by atoms with van der Waals surface area (Å²) in [5, 5.41) is 9.05. The Labute approximate surface area is 153 Å². The molecule has 1 atom stereocenters. The molecule has 1 aromatic heterocycles. The van der Waals surface area contributed by atoms with Crippen molar-refractivity contribution >= 4 is 5.91 Å². The highest BCUT2D eigenvalue weighted by Crippen LogP contribution is 2.20. The van der Waals surface area contributed by atoms with Crippen molar-refractivity contribution in [2.75, 3.05) is 13.1 Å². The number of benzene rings is 1. The third-order valence-electron chi connectivity index (χ3n) is 4.55. The van der Waals surface area contributed by atoms with Gasteiger partial charge in [0.25, 0.3) is 5.88 Å². The van der Waals surface area contributed by atoms with Gasteiger partial charge < -0.3 is 9.64 Å². The molecule has 1 aliphatic heterocycles. The van der Waals surface area contributed by atoms with Crippen LogP contribution in [0.5, 0.6) is 5.88 Å². The number of ether oxygens (including phenoxy) is 1. The Hall–Kier alpha value is -2.94. The van der Waals surface area contributed by atoms with Gasteiger partial charge in [0.15, 0.2) is 0 Å². The van der Waals surface area contributed by atoms with E-state index in [9.17, 15) is 4.79 Å². The molecule has 0 N–H and O–H groups in total. The van der Waals surface area contributed by atoms with E-state index in [1.54, 1.807) is 0 Å². The number of rotatable bonds is 5. The summed E-state index contributed by atoms with van der Waals surface area (Å²) in [6.45, 7) is 5.46. The quantitative estimate of drug-likeness (QED) is 0.828. The number of hydrogen-bond donors (Lipinski definition) is 0. The molecule has 134 valence electrons. The minimum atomic E-state index is -0.161. The fourth-order valence-corrected chi connectivity index (χ4v) is 3.00. The molecule has 1 saturated heterocycles. The van der Waals surface area contributed by atoms with Crippen molar-refractivity contribution in [2.24, 2.45) is 0 Å². The number of hydrogen-bond acceptors (Lipinski definition) is 5. The topological polar surface area (TPSA) is 79.1 Å². The lowest BCUT2D eigenvalue weighted by molar-refractivity contribution is -0.129. The fraction of sp³-hybridized carbons (Fsp3) is 0.400. The van der Waals surface area contributed by atoms with Crippen LogP contribution in [-0.2, 0) is 11.2 Å². The van der Waals surface area contributed by atoms with Crippen molar-refractivity contribution in [1.29, 1.82) is 5.26 Å². The fourth-order valence-electron chi connectivity index (χ4n) is 3.00. The van der Waals surface area contributed by atoms with E-state index in [0.29, 0.717) is 25.4 Å². The van der Waals surface area contributed by atoms with Gasteiger partial charge in [0.1, 0.15) is 12.2 Å². The van der Waals surface area contributed by atoms with Crippen LogP contribution in [0.25, 0.3) is 0 Å². The lowest BCUT2D eigenvalue weighted by atomic mass is 10.0. The summed E-state index contributed by atoms with van der Waals surface area (Å²) >= 11 is 0. The van der Waals surface area contributed by atoms with Gasteiger partial charge >= 0.3 is 0 Å². The van der Waals surface area contributed by atoms with E-state index in [2.05, 4.69) is 35.9 Å². The van der Waals surface area contributed by atoms with Crippen molar-refractivity contribution in [2.45, 2.75) is 38.7 Å². The normalized spacial score (nSPS) is 16.5. The predicted octanol–water partition coefficient (Wildman–Crippen LogP) is 2.69. The lowest BCUT2D eigenvalue weighted by Crippen LogP contribution is -2.32. The Balaban J connectivity index is 1.56. The standard InChI is InChI=1S/C20H22N4O2/c1-14(2)16-5-3-15(4-6-16)11-19(25)24-10-7-17(13-24)26-20-18(12-21)22-8-9-23-20/h3-6,8-9,14,17H,7,10-11,13H2,1-2H3. The van der Waals surface area contributed by atoms with Crippen molar-refractivity contribution < 1.29 is 9.53 Å². The van der Waals surface area contributed by atoms with Gasteiger partial charge in [-0.1, -0.05) is 38.1 Å². The van der Waals surface area contributed by atoms with Crippen LogP contribution in [0.2, 0.25) is 0 Å². The molecule has 26 heavy (non-hydrogen) atoms. The SMILES string of the molecule is CC(C)c1ccc(CC(=O)N2CCC(Oc3nccnc3C#N)C2)cc1. The van der Waals surface area contributed by atoms with Gasteiger partial charge in [0.05, 0.1) is 13.0 Å². The number of nitriles is 1. The molecule has 1 amide bonds. The van der Waals surface area contributed by atoms with E-state index >= 15 is 0 Å². The number of carbonyl (C=O) groups is 1. The van der Waals surface area contributed by atoms with Gasteiger partial charge in [0.2, 0.25) is 11.6 Å². The number of nitrogens with zero attached hydrogens (tertiary/aromatic N) is 4. The summed E-state index contributed by atoms with van der Waals surface area (Å²) in [7, 11) is 0. The molecule has 2 heterocycles. The Kier molecular flexibility index (Phi) is 5.47. The summed E-state index contributed by atoms with van der Waals surface area (Å²) in [4.78, 5) is 22.4. The first-order chi connectivity index (χ1) is 12.6. The van der Waals surface area contributed by atoms with E-state index in [1.807, 2.05) is 23.1 Å². The first kappa shape index (κ1) is 17.9. The molecule has 2 aromatic rings. The molecular formula is C20H22N4O2. The number of likely N-dealkylation sites (tertiary alicyclic amines) is 1. The van der Waals surface area contributed by atoms with Crippen LogP contribution in [0.1, 0.15) is 43.0 Å². The van der Waals surface area contributed by atoms with Gasteiger partial charge in [0, 0.05) is 25.4 Å². The second kappa shape index (κ2) is 7.96. The Morgan fingerprint density at radius 3 is 2.73 bits per heavy atom. The number of amides is 1. The van der Waals surface area contributed by atoms with E-state index in [1.165, 1.54) is 18.0 Å². The second-order valence-corrected chi connectivity index (χ2v) is 6.76. The molecule has 3 rings (SSSR count). The Morgan fingerprint density at radius 2 is 2.04 bits per heavy atom. The minimum absolute atomic E-state index is 0.0908. The Bertz CT molecular complexity index is 811. The molecule has 1 aromatic carbocycles. The van der Waals surface area contributed by atoms with Crippen LogP contribution in [-0.4, -0.2) is 40.0 Å². The van der Waals surface area contributed by atoms with Gasteiger partial charge in [-0.25, -0.2) is 9.97 Å². The van der Waals surface area contributed by atoms with Gasteiger partial charge in [-0.15, -0.1) is 0 Å². The van der Waals surface area contributed by atoms with Crippen LogP contribution in [0.15, 0.2) is 36.7 Å². The third-order valence-corrected chi connectivity index (χ3v) is 4.55. The monoisotopic (exact) mass is 350 g/mol. The summed E-state index contributed by atoms with van der Waals surface area (Å²) in [6, 6.07) is 10.2. The molecule has 0 spiro atoms. The van der Waals surface area contributed by atoms with Gasteiger partial charge in [-0.2, -0.15) is 5.26 Å². The van der Waals surface area contributed by atoms with E-state index in [0.717, 1.165) is 12.0 Å². The molecule has 1 fully saturated rings. The molecule has 0 radical (unpaired) electrons. The van der Waals surface area contributed by atoms with E-state index < -0.39 is 0 Å². The van der Waals surface area contributed by atoms with Crippen molar-refractivity contribution in [1.82, 2.24) is 14.9 Å².